The van der Waals surface area contributed by atoms with Crippen molar-refractivity contribution in [1.82, 2.24) is 4.90 Å². The number of carbonyl (C=O) groups is 1. The van der Waals surface area contributed by atoms with E-state index in [0.29, 0.717) is 6.42 Å². The lowest BCUT2D eigenvalue weighted by Gasteiger charge is -2.30. The number of unbranched alkanes of at least 4 members (excludes halogenated alkanes) is 1. The lowest BCUT2D eigenvalue weighted by atomic mass is 10.2. The first-order valence-corrected chi connectivity index (χ1v) is 6.29. The molecule has 0 saturated carbocycles. The fourth-order valence-electron chi connectivity index (χ4n) is 1.71. The molecule has 1 aliphatic rings. The average Bonchev–Trinajstić information content (AvgIpc) is 2.12. The van der Waals surface area contributed by atoms with Crippen LogP contribution in [0.2, 0.25) is 0 Å². The first-order chi connectivity index (χ1) is 6.68. The molecule has 0 aliphatic carbocycles. The Kier molecular flexibility index (Phi) is 5.33. The third-order valence-electron chi connectivity index (χ3n) is 2.44. The van der Waals surface area contributed by atoms with Crippen LogP contribution in [0.5, 0.6) is 0 Å². The molecule has 1 N–H and O–H groups in total. The molecule has 0 aromatic heterocycles. The predicted octanol–water partition coefficient (Wildman–Crippen LogP) is 1.68. The summed E-state index contributed by atoms with van der Waals surface area (Å²) in [5, 5.41) is 9.21. The summed E-state index contributed by atoms with van der Waals surface area (Å²) in [5.41, 5.74) is 0. The highest BCUT2D eigenvalue weighted by Gasteiger charge is 2.15. The minimum absolute atomic E-state index is 0.318. The van der Waals surface area contributed by atoms with Crippen molar-refractivity contribution in [3.05, 3.63) is 0 Å². The van der Waals surface area contributed by atoms with Crippen molar-refractivity contribution >= 4 is 17.7 Å². The summed E-state index contributed by atoms with van der Waals surface area (Å²) in [4.78, 5) is 12.7. The van der Waals surface area contributed by atoms with Crippen molar-refractivity contribution in [2.75, 3.05) is 25.4 Å². The summed E-state index contributed by atoms with van der Waals surface area (Å²) in [6.45, 7) is 5.66. The average molecular weight is 217 g/mol. The van der Waals surface area contributed by atoms with Gasteiger partial charge in [-0.1, -0.05) is 6.92 Å². The zero-order chi connectivity index (χ0) is 10.4. The maximum Gasteiger partial charge on any atom is 0.303 e. The number of rotatable bonds is 5. The molecule has 1 atom stereocenters. The maximum atomic E-state index is 10.3. The molecule has 14 heavy (non-hydrogen) atoms. The van der Waals surface area contributed by atoms with Crippen molar-refractivity contribution in [1.29, 1.82) is 0 Å². The third kappa shape index (κ3) is 4.86. The second kappa shape index (κ2) is 6.30. The number of hydrogen-bond donors (Lipinski definition) is 1. The summed E-state index contributed by atoms with van der Waals surface area (Å²) in [6.07, 6.45) is 2.15. The Bertz CT molecular complexity index is 187. The van der Waals surface area contributed by atoms with Gasteiger partial charge in [-0.05, 0) is 19.4 Å². The molecule has 1 saturated heterocycles. The molecule has 1 unspecified atom stereocenters. The molecule has 0 aromatic rings. The first kappa shape index (κ1) is 11.9. The largest absolute Gasteiger partial charge is 0.481 e. The molecule has 0 bridgehead atoms. The Morgan fingerprint density at radius 2 is 2.36 bits per heavy atom. The van der Waals surface area contributed by atoms with E-state index in [2.05, 4.69) is 11.8 Å². The molecule has 0 aromatic carbocycles. The third-order valence-corrected chi connectivity index (χ3v) is 3.58. The number of thioether (sulfide) groups is 1. The quantitative estimate of drug-likeness (QED) is 0.711. The Morgan fingerprint density at radius 1 is 1.57 bits per heavy atom. The van der Waals surface area contributed by atoms with Crippen LogP contribution in [0.15, 0.2) is 0 Å². The van der Waals surface area contributed by atoms with Gasteiger partial charge in [-0.3, -0.25) is 4.79 Å². The smallest absolute Gasteiger partial charge is 0.303 e. The summed E-state index contributed by atoms with van der Waals surface area (Å²) >= 11 is 2.03. The van der Waals surface area contributed by atoms with Crippen LogP contribution in [-0.2, 0) is 4.79 Å². The maximum absolute atomic E-state index is 10.3. The summed E-state index contributed by atoms with van der Waals surface area (Å²) in [7, 11) is 0. The summed E-state index contributed by atoms with van der Waals surface area (Å²) in [5.74, 6) is 0.549. The molecule has 0 radical (unpaired) electrons. The standard InChI is InChI=1S/C10H19NO2S/c1-9-8-11(6-7-14-9)5-3-2-4-10(12)13/h9H,2-8H2,1H3,(H,12,13). The second-order valence-corrected chi connectivity index (χ2v) is 5.38. The predicted molar refractivity (Wildman–Crippen MR) is 59.8 cm³/mol. The van der Waals surface area contributed by atoms with Crippen LogP contribution in [0, 0.1) is 0 Å². The van der Waals surface area contributed by atoms with E-state index in [-0.39, 0.29) is 0 Å². The summed E-state index contributed by atoms with van der Waals surface area (Å²) < 4.78 is 0. The molecule has 1 fully saturated rings. The SMILES string of the molecule is CC1CN(CCCCC(=O)O)CCS1. The Labute approximate surface area is 89.9 Å². The Balaban J connectivity index is 2.03. The molecule has 0 spiro atoms. The molecule has 0 amide bonds. The van der Waals surface area contributed by atoms with Gasteiger partial charge >= 0.3 is 5.97 Å². The normalized spacial score (nSPS) is 23.6. The van der Waals surface area contributed by atoms with Gasteiger partial charge in [-0.25, -0.2) is 0 Å². The van der Waals surface area contributed by atoms with Gasteiger partial charge < -0.3 is 10.0 Å². The van der Waals surface area contributed by atoms with Gasteiger partial charge in [0.1, 0.15) is 0 Å². The molecule has 1 heterocycles. The van der Waals surface area contributed by atoms with Crippen molar-refractivity contribution in [3.63, 3.8) is 0 Å². The highest BCUT2D eigenvalue weighted by molar-refractivity contribution is 7.99. The van der Waals surface area contributed by atoms with Gasteiger partial charge in [0.15, 0.2) is 0 Å². The first-order valence-electron chi connectivity index (χ1n) is 5.24. The fraction of sp³-hybridized carbons (Fsp3) is 0.900. The van der Waals surface area contributed by atoms with E-state index in [9.17, 15) is 4.79 Å². The van der Waals surface area contributed by atoms with Crippen LogP contribution in [0.3, 0.4) is 0 Å². The molecular weight excluding hydrogens is 198 g/mol. The van der Waals surface area contributed by atoms with Gasteiger partial charge in [-0.2, -0.15) is 11.8 Å². The number of hydrogen-bond acceptors (Lipinski definition) is 3. The van der Waals surface area contributed by atoms with Gasteiger partial charge in [0, 0.05) is 30.5 Å². The minimum atomic E-state index is -0.674. The van der Waals surface area contributed by atoms with E-state index >= 15 is 0 Å². The number of carboxylic acids is 1. The highest BCUT2D eigenvalue weighted by atomic mass is 32.2. The van der Waals surface area contributed by atoms with Gasteiger partial charge in [0.2, 0.25) is 0 Å². The zero-order valence-corrected chi connectivity index (χ0v) is 9.55. The number of aliphatic carboxylic acids is 1. The van der Waals surface area contributed by atoms with E-state index in [1.165, 1.54) is 12.3 Å². The number of carboxylic acid groups (broad SMARTS) is 1. The second-order valence-electron chi connectivity index (χ2n) is 3.83. The van der Waals surface area contributed by atoms with Crippen molar-refractivity contribution in [2.45, 2.75) is 31.4 Å². The molecule has 82 valence electrons. The van der Waals surface area contributed by atoms with Crippen molar-refractivity contribution < 1.29 is 9.90 Å². The molecule has 1 rings (SSSR count). The van der Waals surface area contributed by atoms with E-state index in [1.807, 2.05) is 11.8 Å². The monoisotopic (exact) mass is 217 g/mol. The van der Waals surface area contributed by atoms with Gasteiger partial charge in [0.05, 0.1) is 0 Å². The van der Waals surface area contributed by atoms with E-state index in [1.54, 1.807) is 0 Å². The van der Waals surface area contributed by atoms with Crippen LogP contribution in [0.4, 0.5) is 0 Å². The lowest BCUT2D eigenvalue weighted by Crippen LogP contribution is -2.37. The lowest BCUT2D eigenvalue weighted by molar-refractivity contribution is -0.137. The van der Waals surface area contributed by atoms with Crippen LogP contribution in [-0.4, -0.2) is 46.6 Å². The Hall–Kier alpha value is -0.220. The van der Waals surface area contributed by atoms with Gasteiger partial charge in [-0.15, -0.1) is 0 Å². The van der Waals surface area contributed by atoms with E-state index in [4.69, 9.17) is 5.11 Å². The molecule has 4 heteroatoms. The van der Waals surface area contributed by atoms with Crippen LogP contribution < -0.4 is 0 Å². The van der Waals surface area contributed by atoms with Crippen molar-refractivity contribution in [3.8, 4) is 0 Å². The molecule has 3 nitrogen and oxygen atoms in total. The van der Waals surface area contributed by atoms with E-state index < -0.39 is 5.97 Å². The highest BCUT2D eigenvalue weighted by Crippen LogP contribution is 2.17. The Morgan fingerprint density at radius 3 is 3.00 bits per heavy atom. The van der Waals surface area contributed by atoms with Crippen LogP contribution in [0.1, 0.15) is 26.2 Å². The topological polar surface area (TPSA) is 40.5 Å². The molecular formula is C10H19NO2S. The van der Waals surface area contributed by atoms with Crippen LogP contribution in [0.25, 0.3) is 0 Å². The molecule has 1 aliphatic heterocycles. The fourth-order valence-corrected chi connectivity index (χ4v) is 2.79. The number of nitrogens with zero attached hydrogens (tertiary/aromatic N) is 1. The van der Waals surface area contributed by atoms with Crippen LogP contribution >= 0.6 is 11.8 Å². The summed E-state index contributed by atoms with van der Waals surface area (Å²) in [6, 6.07) is 0. The zero-order valence-electron chi connectivity index (χ0n) is 8.74. The minimum Gasteiger partial charge on any atom is -0.481 e. The van der Waals surface area contributed by atoms with Gasteiger partial charge in [0.25, 0.3) is 0 Å². The van der Waals surface area contributed by atoms with Crippen molar-refractivity contribution in [2.24, 2.45) is 0 Å². The van der Waals surface area contributed by atoms with E-state index in [0.717, 1.165) is 31.2 Å².